The first-order chi connectivity index (χ1) is 5.27. The summed E-state index contributed by atoms with van der Waals surface area (Å²) >= 11 is 0. The number of fused-ring (bicyclic) bond motifs is 1. The molecule has 5 nitrogen and oxygen atoms in total. The van der Waals surface area contributed by atoms with Gasteiger partial charge >= 0.3 is 5.97 Å². The van der Waals surface area contributed by atoms with Crippen molar-refractivity contribution in [3.05, 3.63) is 18.0 Å². The van der Waals surface area contributed by atoms with Gasteiger partial charge in [0.2, 0.25) is 0 Å². The molecule has 0 fully saturated rings. The molecular formula is C6H4N2O3. The molecule has 0 amide bonds. The number of aromatic nitrogens is 2. The maximum atomic E-state index is 10.4. The van der Waals surface area contributed by atoms with Crippen LogP contribution in [0.5, 0.6) is 0 Å². The van der Waals surface area contributed by atoms with Gasteiger partial charge in [0.25, 0.3) is 0 Å². The number of carboxylic acid groups (broad SMARTS) is 1. The van der Waals surface area contributed by atoms with Gasteiger partial charge in [-0.05, 0) is 0 Å². The Morgan fingerprint density at radius 1 is 1.73 bits per heavy atom. The van der Waals surface area contributed by atoms with E-state index >= 15 is 0 Å². The first-order valence-electron chi connectivity index (χ1n) is 2.94. The monoisotopic (exact) mass is 152 g/mol. The number of H-pyrrole nitrogens is 1. The number of nitrogens with zero attached hydrogens (tertiary/aromatic N) is 1. The zero-order valence-corrected chi connectivity index (χ0v) is 5.37. The molecule has 0 aliphatic heterocycles. The average Bonchev–Trinajstić information content (AvgIpc) is 2.40. The molecule has 0 saturated heterocycles. The number of carbonyl (C=O) groups is 1. The highest BCUT2D eigenvalue weighted by molar-refractivity contribution is 5.91. The summed E-state index contributed by atoms with van der Waals surface area (Å²) < 4.78 is 4.70. The van der Waals surface area contributed by atoms with Gasteiger partial charge in [0.15, 0.2) is 5.58 Å². The molecule has 2 heterocycles. The van der Waals surface area contributed by atoms with Gasteiger partial charge < -0.3 is 14.6 Å². The molecule has 11 heavy (non-hydrogen) atoms. The molecule has 0 bridgehead atoms. The lowest BCUT2D eigenvalue weighted by molar-refractivity contribution is 0.0691. The third kappa shape index (κ3) is 0.778. The standard InChI is InChI=1S/C6H4N2O3/c9-6(10)3-1-5-4(8-3)2-7-11-5/h1-2,8H,(H,9,10). The SMILES string of the molecule is O=C(O)c1cc2oncc2[nH]1. The number of carboxylic acids is 1. The van der Waals surface area contributed by atoms with Gasteiger partial charge in [0, 0.05) is 6.07 Å². The lowest BCUT2D eigenvalue weighted by atomic mass is 10.4. The molecule has 2 aromatic rings. The summed E-state index contributed by atoms with van der Waals surface area (Å²) in [6.45, 7) is 0. The lowest BCUT2D eigenvalue weighted by Gasteiger charge is -1.81. The number of aromatic amines is 1. The molecule has 0 unspecified atom stereocenters. The number of aromatic carboxylic acids is 1. The van der Waals surface area contributed by atoms with E-state index in [1.54, 1.807) is 0 Å². The third-order valence-corrected chi connectivity index (χ3v) is 1.37. The van der Waals surface area contributed by atoms with E-state index in [0.29, 0.717) is 11.1 Å². The van der Waals surface area contributed by atoms with Crippen LogP contribution in [0.3, 0.4) is 0 Å². The van der Waals surface area contributed by atoms with E-state index in [1.807, 2.05) is 0 Å². The van der Waals surface area contributed by atoms with Crippen LogP contribution < -0.4 is 0 Å². The highest BCUT2D eigenvalue weighted by atomic mass is 16.5. The Balaban J connectivity index is 2.67. The van der Waals surface area contributed by atoms with Gasteiger partial charge in [-0.3, -0.25) is 0 Å². The summed E-state index contributed by atoms with van der Waals surface area (Å²) in [6, 6.07) is 1.39. The summed E-state index contributed by atoms with van der Waals surface area (Å²) in [5.74, 6) is -1.00. The minimum Gasteiger partial charge on any atom is -0.477 e. The second-order valence-electron chi connectivity index (χ2n) is 2.09. The van der Waals surface area contributed by atoms with Crippen molar-refractivity contribution >= 4 is 17.1 Å². The van der Waals surface area contributed by atoms with Crippen molar-refractivity contribution in [3.63, 3.8) is 0 Å². The van der Waals surface area contributed by atoms with E-state index in [9.17, 15) is 4.79 Å². The first kappa shape index (κ1) is 5.96. The van der Waals surface area contributed by atoms with Crippen LogP contribution in [0.1, 0.15) is 10.5 Å². The Hall–Kier alpha value is -1.78. The van der Waals surface area contributed by atoms with Crippen LogP contribution in [0.2, 0.25) is 0 Å². The molecular weight excluding hydrogens is 148 g/mol. The van der Waals surface area contributed by atoms with Crippen molar-refractivity contribution < 1.29 is 14.4 Å². The Morgan fingerprint density at radius 2 is 2.55 bits per heavy atom. The number of nitrogens with one attached hydrogen (secondary N) is 1. The van der Waals surface area contributed by atoms with Crippen molar-refractivity contribution in [2.24, 2.45) is 0 Å². The van der Waals surface area contributed by atoms with Gasteiger partial charge in [-0.25, -0.2) is 4.79 Å². The normalized spacial score (nSPS) is 10.5. The molecule has 56 valence electrons. The lowest BCUT2D eigenvalue weighted by Crippen LogP contribution is -1.94. The second-order valence-corrected chi connectivity index (χ2v) is 2.09. The van der Waals surface area contributed by atoms with Gasteiger partial charge in [0.1, 0.15) is 11.2 Å². The molecule has 0 aliphatic carbocycles. The summed E-state index contributed by atoms with van der Waals surface area (Å²) in [5.41, 5.74) is 1.17. The smallest absolute Gasteiger partial charge is 0.352 e. The summed E-state index contributed by atoms with van der Waals surface area (Å²) in [7, 11) is 0. The molecule has 5 heteroatoms. The van der Waals surface area contributed by atoms with Crippen LogP contribution >= 0.6 is 0 Å². The zero-order valence-electron chi connectivity index (χ0n) is 5.37. The highest BCUT2D eigenvalue weighted by Gasteiger charge is 2.08. The predicted octanol–water partition coefficient (Wildman–Crippen LogP) is 0.854. The molecule has 2 aromatic heterocycles. The summed E-state index contributed by atoms with van der Waals surface area (Å²) in [6.07, 6.45) is 1.43. The number of rotatable bonds is 1. The van der Waals surface area contributed by atoms with Gasteiger partial charge in [-0.15, -0.1) is 0 Å². The number of hydrogen-bond donors (Lipinski definition) is 2. The fourth-order valence-electron chi connectivity index (χ4n) is 0.874. The van der Waals surface area contributed by atoms with Gasteiger partial charge in [0.05, 0.1) is 6.20 Å². The van der Waals surface area contributed by atoms with Crippen LogP contribution in [0, 0.1) is 0 Å². The predicted molar refractivity (Wildman–Crippen MR) is 35.3 cm³/mol. The Labute approximate surface area is 60.6 Å². The maximum Gasteiger partial charge on any atom is 0.352 e. The Morgan fingerprint density at radius 3 is 3.18 bits per heavy atom. The van der Waals surface area contributed by atoms with Crippen LogP contribution in [0.4, 0.5) is 0 Å². The quantitative estimate of drug-likeness (QED) is 0.634. The molecule has 0 radical (unpaired) electrons. The average molecular weight is 152 g/mol. The van der Waals surface area contributed by atoms with E-state index in [0.717, 1.165) is 0 Å². The minimum absolute atomic E-state index is 0.112. The first-order valence-corrected chi connectivity index (χ1v) is 2.94. The van der Waals surface area contributed by atoms with Crippen molar-refractivity contribution in [3.8, 4) is 0 Å². The highest BCUT2D eigenvalue weighted by Crippen LogP contribution is 2.13. The van der Waals surface area contributed by atoms with Crippen molar-refractivity contribution in [2.45, 2.75) is 0 Å². The molecule has 2 N–H and O–H groups in total. The van der Waals surface area contributed by atoms with E-state index in [2.05, 4.69) is 10.1 Å². The zero-order chi connectivity index (χ0) is 7.84. The fourth-order valence-corrected chi connectivity index (χ4v) is 0.874. The van der Waals surface area contributed by atoms with E-state index < -0.39 is 5.97 Å². The maximum absolute atomic E-state index is 10.4. The van der Waals surface area contributed by atoms with E-state index in [-0.39, 0.29) is 5.69 Å². The van der Waals surface area contributed by atoms with Crippen molar-refractivity contribution in [1.29, 1.82) is 0 Å². The molecule has 0 aromatic carbocycles. The molecule has 0 aliphatic rings. The Kier molecular flexibility index (Phi) is 1.00. The fraction of sp³-hybridized carbons (Fsp3) is 0. The second kappa shape index (κ2) is 1.85. The topological polar surface area (TPSA) is 79.1 Å². The van der Waals surface area contributed by atoms with Crippen molar-refractivity contribution in [2.75, 3.05) is 0 Å². The largest absolute Gasteiger partial charge is 0.477 e. The molecule has 0 spiro atoms. The summed E-state index contributed by atoms with van der Waals surface area (Å²) in [5, 5.41) is 12.0. The molecule has 0 atom stereocenters. The van der Waals surface area contributed by atoms with E-state index in [4.69, 9.17) is 9.63 Å². The van der Waals surface area contributed by atoms with Crippen molar-refractivity contribution in [1.82, 2.24) is 10.1 Å². The van der Waals surface area contributed by atoms with Crippen LogP contribution in [-0.4, -0.2) is 21.2 Å². The van der Waals surface area contributed by atoms with Crippen LogP contribution in [0.15, 0.2) is 16.8 Å². The minimum atomic E-state index is -1.00. The Bertz CT molecular complexity index is 372. The van der Waals surface area contributed by atoms with E-state index in [1.165, 1.54) is 12.3 Å². The van der Waals surface area contributed by atoms with Crippen LogP contribution in [-0.2, 0) is 0 Å². The molecule has 0 saturated carbocycles. The summed E-state index contributed by atoms with van der Waals surface area (Å²) in [4.78, 5) is 13.0. The molecule has 2 rings (SSSR count). The van der Waals surface area contributed by atoms with Gasteiger partial charge in [-0.1, -0.05) is 5.16 Å². The van der Waals surface area contributed by atoms with Crippen LogP contribution in [0.25, 0.3) is 11.1 Å². The number of hydrogen-bond acceptors (Lipinski definition) is 3. The van der Waals surface area contributed by atoms with Gasteiger partial charge in [-0.2, -0.15) is 0 Å². The third-order valence-electron chi connectivity index (χ3n) is 1.37.